The van der Waals surface area contributed by atoms with Crippen molar-refractivity contribution in [1.82, 2.24) is 15.3 Å². The summed E-state index contributed by atoms with van der Waals surface area (Å²) in [5.41, 5.74) is 1.64. The fourth-order valence-electron chi connectivity index (χ4n) is 1.63. The van der Waals surface area contributed by atoms with Crippen LogP contribution in [0.5, 0.6) is 11.5 Å². The summed E-state index contributed by atoms with van der Waals surface area (Å²) >= 11 is 0. The number of aryl methyl sites for hydroxylation is 1. The van der Waals surface area contributed by atoms with Gasteiger partial charge in [0.2, 0.25) is 0 Å². The number of rotatable bonds is 4. The highest BCUT2D eigenvalue weighted by Gasteiger charge is 2.02. The minimum Gasteiger partial charge on any atom is -0.508 e. The molecule has 2 rings (SSSR count). The van der Waals surface area contributed by atoms with Crippen LogP contribution >= 0.6 is 0 Å². The Hall–Kier alpha value is -2.14. The van der Waals surface area contributed by atoms with Gasteiger partial charge in [0.05, 0.1) is 5.69 Å². The van der Waals surface area contributed by atoms with Crippen LogP contribution in [-0.4, -0.2) is 20.2 Å². The zero-order chi connectivity index (χ0) is 13.0. The van der Waals surface area contributed by atoms with Crippen LogP contribution in [0.2, 0.25) is 0 Å². The third-order valence-corrected chi connectivity index (χ3v) is 2.52. The summed E-state index contributed by atoms with van der Waals surface area (Å²) in [5.74, 6) is 0.880. The molecular formula is C13H15N3O2. The third kappa shape index (κ3) is 3.18. The lowest BCUT2D eigenvalue weighted by atomic mass is 10.2. The average Bonchev–Trinajstić information content (AvgIpc) is 2.32. The van der Waals surface area contributed by atoms with E-state index < -0.39 is 0 Å². The van der Waals surface area contributed by atoms with Crippen molar-refractivity contribution in [3.05, 3.63) is 47.5 Å². The molecule has 5 heteroatoms. The van der Waals surface area contributed by atoms with Crippen molar-refractivity contribution >= 4 is 0 Å². The molecule has 0 aliphatic heterocycles. The number of aromatic nitrogens is 2. The summed E-state index contributed by atoms with van der Waals surface area (Å²) in [6, 6.07) is 6.40. The Morgan fingerprint density at radius 2 is 2.00 bits per heavy atom. The molecule has 0 unspecified atom stereocenters. The SMILES string of the molecule is Cc1nccc(CNCc2ccc(O)cc2O)n1. The number of nitrogens with zero attached hydrogens (tertiary/aromatic N) is 2. The quantitative estimate of drug-likeness (QED) is 0.760. The number of hydrogen-bond donors (Lipinski definition) is 3. The third-order valence-electron chi connectivity index (χ3n) is 2.52. The molecule has 1 aromatic carbocycles. The van der Waals surface area contributed by atoms with Gasteiger partial charge in [0.15, 0.2) is 0 Å². The van der Waals surface area contributed by atoms with Crippen molar-refractivity contribution in [2.75, 3.05) is 0 Å². The van der Waals surface area contributed by atoms with Gasteiger partial charge in [-0.25, -0.2) is 9.97 Å². The lowest BCUT2D eigenvalue weighted by Crippen LogP contribution is -2.14. The standard InChI is InChI=1S/C13H15N3O2/c1-9-15-5-4-11(16-9)8-14-7-10-2-3-12(17)6-13(10)18/h2-6,14,17-18H,7-8H2,1H3. The van der Waals surface area contributed by atoms with Gasteiger partial charge >= 0.3 is 0 Å². The summed E-state index contributed by atoms with van der Waals surface area (Å²) in [6.45, 7) is 2.95. The van der Waals surface area contributed by atoms with Crippen LogP contribution in [0.15, 0.2) is 30.5 Å². The Bertz CT molecular complexity index is 544. The molecule has 0 radical (unpaired) electrons. The minimum absolute atomic E-state index is 0.0580. The van der Waals surface area contributed by atoms with Gasteiger partial charge in [0, 0.05) is 30.9 Å². The van der Waals surface area contributed by atoms with Crippen LogP contribution in [0.1, 0.15) is 17.1 Å². The van der Waals surface area contributed by atoms with Gasteiger partial charge in [-0.15, -0.1) is 0 Å². The molecule has 94 valence electrons. The number of phenols is 2. The summed E-state index contributed by atoms with van der Waals surface area (Å²) in [4.78, 5) is 8.29. The van der Waals surface area contributed by atoms with Crippen LogP contribution in [0, 0.1) is 6.92 Å². The van der Waals surface area contributed by atoms with Crippen molar-refractivity contribution in [3.8, 4) is 11.5 Å². The van der Waals surface area contributed by atoms with E-state index in [1.165, 1.54) is 6.07 Å². The Morgan fingerprint density at radius 3 is 2.72 bits per heavy atom. The first-order valence-corrected chi connectivity index (χ1v) is 5.65. The highest BCUT2D eigenvalue weighted by molar-refractivity contribution is 5.38. The first-order valence-electron chi connectivity index (χ1n) is 5.65. The van der Waals surface area contributed by atoms with Gasteiger partial charge in [-0.05, 0) is 19.1 Å². The molecule has 0 saturated carbocycles. The Balaban J connectivity index is 1.92. The van der Waals surface area contributed by atoms with Crippen molar-refractivity contribution in [2.45, 2.75) is 20.0 Å². The van der Waals surface area contributed by atoms with Crippen LogP contribution in [0.25, 0.3) is 0 Å². The Kier molecular flexibility index (Phi) is 3.74. The smallest absolute Gasteiger partial charge is 0.125 e. The van der Waals surface area contributed by atoms with Gasteiger partial charge in [0.25, 0.3) is 0 Å². The summed E-state index contributed by atoms with van der Waals surface area (Å²) in [7, 11) is 0. The molecule has 0 fully saturated rings. The molecule has 0 amide bonds. The van der Waals surface area contributed by atoms with Crippen LogP contribution in [0.3, 0.4) is 0 Å². The maximum Gasteiger partial charge on any atom is 0.125 e. The first kappa shape index (κ1) is 12.3. The molecule has 18 heavy (non-hydrogen) atoms. The number of nitrogens with one attached hydrogen (secondary N) is 1. The summed E-state index contributed by atoms with van der Waals surface area (Å²) in [5, 5.41) is 22.0. The monoisotopic (exact) mass is 245 g/mol. The second-order valence-electron chi connectivity index (χ2n) is 4.01. The highest BCUT2D eigenvalue weighted by atomic mass is 16.3. The van der Waals surface area contributed by atoms with Gasteiger partial charge in [-0.3, -0.25) is 0 Å². The minimum atomic E-state index is 0.0580. The van der Waals surface area contributed by atoms with E-state index in [1.54, 1.807) is 18.3 Å². The molecule has 0 atom stereocenters. The maximum absolute atomic E-state index is 9.61. The molecule has 5 nitrogen and oxygen atoms in total. The average molecular weight is 245 g/mol. The predicted molar refractivity (Wildman–Crippen MR) is 67.1 cm³/mol. The fraction of sp³-hybridized carbons (Fsp3) is 0.231. The molecule has 0 bridgehead atoms. The largest absolute Gasteiger partial charge is 0.508 e. The van der Waals surface area contributed by atoms with Crippen molar-refractivity contribution in [1.29, 1.82) is 0 Å². The zero-order valence-electron chi connectivity index (χ0n) is 10.1. The molecule has 0 spiro atoms. The van der Waals surface area contributed by atoms with Gasteiger partial charge in [-0.2, -0.15) is 0 Å². The number of benzene rings is 1. The van der Waals surface area contributed by atoms with Crippen molar-refractivity contribution < 1.29 is 10.2 Å². The van der Waals surface area contributed by atoms with Crippen molar-refractivity contribution in [3.63, 3.8) is 0 Å². The van der Waals surface area contributed by atoms with E-state index in [1.807, 2.05) is 13.0 Å². The molecule has 1 aromatic heterocycles. The first-order chi connectivity index (χ1) is 8.65. The van der Waals surface area contributed by atoms with Crippen LogP contribution in [0.4, 0.5) is 0 Å². The topological polar surface area (TPSA) is 78.3 Å². The van der Waals surface area contributed by atoms with E-state index in [0.717, 1.165) is 17.1 Å². The second kappa shape index (κ2) is 5.46. The normalized spacial score (nSPS) is 10.5. The van der Waals surface area contributed by atoms with Gasteiger partial charge in [-0.1, -0.05) is 6.07 Å². The number of aromatic hydroxyl groups is 2. The second-order valence-corrected chi connectivity index (χ2v) is 4.01. The Morgan fingerprint density at radius 1 is 1.17 bits per heavy atom. The van der Waals surface area contributed by atoms with E-state index in [2.05, 4.69) is 15.3 Å². The fourth-order valence-corrected chi connectivity index (χ4v) is 1.63. The van der Waals surface area contributed by atoms with Crippen LogP contribution < -0.4 is 5.32 Å². The number of hydrogen-bond acceptors (Lipinski definition) is 5. The number of phenolic OH excluding ortho intramolecular Hbond substituents is 2. The highest BCUT2D eigenvalue weighted by Crippen LogP contribution is 2.22. The van der Waals surface area contributed by atoms with Crippen molar-refractivity contribution in [2.24, 2.45) is 0 Å². The predicted octanol–water partition coefficient (Wildman–Crippen LogP) is 1.49. The lowest BCUT2D eigenvalue weighted by Gasteiger charge is -2.07. The summed E-state index contributed by atoms with van der Waals surface area (Å²) < 4.78 is 0. The van der Waals surface area contributed by atoms with E-state index in [0.29, 0.717) is 13.1 Å². The van der Waals surface area contributed by atoms with E-state index in [9.17, 15) is 10.2 Å². The zero-order valence-corrected chi connectivity index (χ0v) is 10.1. The Labute approximate surface area is 105 Å². The lowest BCUT2D eigenvalue weighted by molar-refractivity contribution is 0.443. The molecule has 0 saturated heterocycles. The van der Waals surface area contributed by atoms with Gasteiger partial charge < -0.3 is 15.5 Å². The maximum atomic E-state index is 9.61. The molecule has 0 aliphatic rings. The van der Waals surface area contributed by atoms with E-state index >= 15 is 0 Å². The van der Waals surface area contributed by atoms with Gasteiger partial charge in [0.1, 0.15) is 17.3 Å². The molecule has 0 aliphatic carbocycles. The van der Waals surface area contributed by atoms with E-state index in [-0.39, 0.29) is 11.5 Å². The molecule has 2 aromatic rings. The summed E-state index contributed by atoms with van der Waals surface area (Å²) in [6.07, 6.45) is 1.72. The van der Waals surface area contributed by atoms with E-state index in [4.69, 9.17) is 0 Å². The van der Waals surface area contributed by atoms with Crippen LogP contribution in [-0.2, 0) is 13.1 Å². The molecular weight excluding hydrogens is 230 g/mol. The molecule has 3 N–H and O–H groups in total. The molecule has 1 heterocycles.